The number of carbonyl (C=O) groups is 1. The molecular weight excluding hydrogens is 266 g/mol. The first kappa shape index (κ1) is 12.1. The van der Waals surface area contributed by atoms with Gasteiger partial charge in [-0.15, -0.1) is 10.2 Å². The minimum absolute atomic E-state index is 0.0839. The fourth-order valence-electron chi connectivity index (χ4n) is 1.86. The van der Waals surface area contributed by atoms with Gasteiger partial charge in [0.1, 0.15) is 24.3 Å². The fraction of sp³-hybridized carbons (Fsp3) is 0.182. The van der Waals surface area contributed by atoms with E-state index in [-0.39, 0.29) is 17.9 Å². The van der Waals surface area contributed by atoms with Crippen LogP contribution in [0.1, 0.15) is 11.5 Å². The lowest BCUT2D eigenvalue weighted by molar-refractivity contribution is -0.137. The Kier molecular flexibility index (Phi) is 2.78. The van der Waals surface area contributed by atoms with Crippen molar-refractivity contribution in [1.82, 2.24) is 24.4 Å². The summed E-state index contributed by atoms with van der Waals surface area (Å²) in [6, 6.07) is 3.40. The number of hydrogen-bond donors (Lipinski definition) is 1. The molecular formula is C11H9N5O4. The maximum absolute atomic E-state index is 12.3. The topological polar surface area (TPSA) is 116 Å². The molecule has 3 aromatic rings. The Hall–Kier alpha value is -2.97. The summed E-state index contributed by atoms with van der Waals surface area (Å²) >= 11 is 0. The van der Waals surface area contributed by atoms with Gasteiger partial charge in [0.25, 0.3) is 11.3 Å². The molecule has 20 heavy (non-hydrogen) atoms. The Labute approximate surface area is 111 Å². The summed E-state index contributed by atoms with van der Waals surface area (Å²) in [6.07, 6.45) is 2.96. The molecule has 0 aliphatic rings. The van der Waals surface area contributed by atoms with Gasteiger partial charge in [0.2, 0.25) is 0 Å². The van der Waals surface area contributed by atoms with Gasteiger partial charge in [-0.1, -0.05) is 0 Å². The number of nitrogens with zero attached hydrogens (tertiary/aromatic N) is 5. The van der Waals surface area contributed by atoms with Crippen LogP contribution in [0.5, 0.6) is 0 Å². The third-order valence-electron chi connectivity index (χ3n) is 2.69. The van der Waals surface area contributed by atoms with Crippen molar-refractivity contribution in [2.45, 2.75) is 13.0 Å². The summed E-state index contributed by atoms with van der Waals surface area (Å²) in [5.41, 5.74) is -0.363. The molecule has 3 heterocycles. The second kappa shape index (κ2) is 4.61. The molecule has 0 unspecified atom stereocenters. The quantitative estimate of drug-likeness (QED) is 0.685. The zero-order valence-corrected chi connectivity index (χ0v) is 10.1. The van der Waals surface area contributed by atoms with Gasteiger partial charge < -0.3 is 9.52 Å². The first-order chi connectivity index (χ1) is 9.65. The van der Waals surface area contributed by atoms with E-state index >= 15 is 0 Å². The Bertz CT molecular complexity index is 817. The zero-order valence-electron chi connectivity index (χ0n) is 10.1. The molecule has 1 N–H and O–H groups in total. The largest absolute Gasteiger partial charge is 0.480 e. The van der Waals surface area contributed by atoms with Crippen LogP contribution in [-0.4, -0.2) is 35.5 Å². The highest BCUT2D eigenvalue weighted by atomic mass is 16.4. The van der Waals surface area contributed by atoms with Crippen LogP contribution < -0.4 is 5.56 Å². The van der Waals surface area contributed by atoms with Crippen molar-refractivity contribution >= 4 is 11.7 Å². The highest BCUT2D eigenvalue weighted by molar-refractivity contribution is 5.67. The monoisotopic (exact) mass is 275 g/mol. The van der Waals surface area contributed by atoms with E-state index in [0.717, 1.165) is 4.57 Å². The number of aromatic nitrogens is 5. The lowest BCUT2D eigenvalue weighted by atomic mass is 10.2. The number of aliphatic carboxylic acids is 1. The van der Waals surface area contributed by atoms with E-state index in [9.17, 15) is 9.59 Å². The van der Waals surface area contributed by atoms with E-state index in [0.29, 0.717) is 5.76 Å². The van der Waals surface area contributed by atoms with Crippen molar-refractivity contribution < 1.29 is 14.3 Å². The molecule has 0 fully saturated rings. The molecule has 0 amide bonds. The van der Waals surface area contributed by atoms with Crippen LogP contribution in [-0.2, 0) is 17.8 Å². The van der Waals surface area contributed by atoms with Crippen LogP contribution in [0.25, 0.3) is 5.78 Å². The maximum atomic E-state index is 12.3. The molecule has 0 spiro atoms. The summed E-state index contributed by atoms with van der Waals surface area (Å²) in [7, 11) is 0. The Morgan fingerprint density at radius 3 is 3.00 bits per heavy atom. The maximum Gasteiger partial charge on any atom is 0.323 e. The fourth-order valence-corrected chi connectivity index (χ4v) is 1.86. The predicted octanol–water partition coefficient (Wildman–Crippen LogP) is -0.446. The van der Waals surface area contributed by atoms with Gasteiger partial charge in [-0.3, -0.25) is 14.2 Å². The second-order valence-corrected chi connectivity index (χ2v) is 4.06. The number of hydrogen-bond acceptors (Lipinski definition) is 6. The number of furan rings is 1. The number of carboxylic acids is 1. The number of fused-ring (bicyclic) bond motifs is 1. The smallest absolute Gasteiger partial charge is 0.323 e. The molecule has 3 rings (SSSR count). The molecule has 3 aromatic heterocycles. The van der Waals surface area contributed by atoms with Crippen molar-refractivity contribution in [3.8, 4) is 0 Å². The summed E-state index contributed by atoms with van der Waals surface area (Å²) in [5.74, 6) is -0.503. The van der Waals surface area contributed by atoms with Gasteiger partial charge in [-0.05, 0) is 12.1 Å². The Balaban J connectivity index is 2.15. The molecule has 0 aliphatic carbocycles. The van der Waals surface area contributed by atoms with E-state index < -0.39 is 18.1 Å². The average Bonchev–Trinajstić information content (AvgIpc) is 3.04. The van der Waals surface area contributed by atoms with Gasteiger partial charge in [0.15, 0.2) is 0 Å². The highest BCUT2D eigenvalue weighted by Gasteiger charge is 2.16. The molecule has 102 valence electrons. The SMILES string of the molecule is O=C(O)Cn1c(=O)c(Cc2ccco2)nn2cnnc12. The first-order valence-electron chi connectivity index (χ1n) is 5.69. The zero-order chi connectivity index (χ0) is 14.1. The van der Waals surface area contributed by atoms with E-state index in [4.69, 9.17) is 9.52 Å². The summed E-state index contributed by atoms with van der Waals surface area (Å²) in [4.78, 5) is 23.1. The lowest BCUT2D eigenvalue weighted by Crippen LogP contribution is -2.30. The molecule has 9 nitrogen and oxygen atoms in total. The van der Waals surface area contributed by atoms with Gasteiger partial charge >= 0.3 is 5.97 Å². The van der Waals surface area contributed by atoms with Crippen LogP contribution in [0.15, 0.2) is 33.9 Å². The molecule has 9 heteroatoms. The summed E-state index contributed by atoms with van der Waals surface area (Å²) in [5, 5.41) is 20.3. The van der Waals surface area contributed by atoms with Crippen molar-refractivity contribution in [3.05, 3.63) is 46.5 Å². The van der Waals surface area contributed by atoms with Crippen LogP contribution in [0.4, 0.5) is 0 Å². The molecule has 0 saturated carbocycles. The molecule has 0 bridgehead atoms. The molecule has 0 atom stereocenters. The molecule has 0 aromatic carbocycles. The van der Waals surface area contributed by atoms with Gasteiger partial charge in [-0.25, -0.2) is 0 Å². The standard InChI is InChI=1S/C11H9N5O4/c17-9(18)5-15-10(19)8(4-7-2-1-3-20-7)14-16-6-12-13-11(15)16/h1-3,6H,4-5H2,(H,17,18). The van der Waals surface area contributed by atoms with Crippen molar-refractivity contribution in [3.63, 3.8) is 0 Å². The third-order valence-corrected chi connectivity index (χ3v) is 2.69. The summed E-state index contributed by atoms with van der Waals surface area (Å²) < 4.78 is 7.44. The number of carboxylic acid groups (broad SMARTS) is 1. The normalized spacial score (nSPS) is 11.0. The highest BCUT2D eigenvalue weighted by Crippen LogP contribution is 2.05. The summed E-state index contributed by atoms with van der Waals surface area (Å²) in [6.45, 7) is -0.505. The Morgan fingerprint density at radius 2 is 2.30 bits per heavy atom. The Morgan fingerprint density at radius 1 is 1.45 bits per heavy atom. The van der Waals surface area contributed by atoms with Crippen molar-refractivity contribution in [1.29, 1.82) is 0 Å². The van der Waals surface area contributed by atoms with Crippen LogP contribution in [0.2, 0.25) is 0 Å². The van der Waals surface area contributed by atoms with E-state index in [1.165, 1.54) is 17.1 Å². The molecule has 0 radical (unpaired) electrons. The minimum Gasteiger partial charge on any atom is -0.480 e. The molecule has 0 saturated heterocycles. The second-order valence-electron chi connectivity index (χ2n) is 4.06. The van der Waals surface area contributed by atoms with Gasteiger partial charge in [0.05, 0.1) is 12.7 Å². The van der Waals surface area contributed by atoms with Crippen molar-refractivity contribution in [2.24, 2.45) is 0 Å². The van der Waals surface area contributed by atoms with E-state index in [1.54, 1.807) is 12.1 Å². The van der Waals surface area contributed by atoms with E-state index in [1.807, 2.05) is 0 Å². The minimum atomic E-state index is -1.15. The van der Waals surface area contributed by atoms with Gasteiger partial charge in [-0.2, -0.15) is 9.61 Å². The van der Waals surface area contributed by atoms with Crippen LogP contribution >= 0.6 is 0 Å². The van der Waals surface area contributed by atoms with Crippen LogP contribution in [0.3, 0.4) is 0 Å². The van der Waals surface area contributed by atoms with Crippen molar-refractivity contribution in [2.75, 3.05) is 0 Å². The third kappa shape index (κ3) is 2.05. The van der Waals surface area contributed by atoms with E-state index in [2.05, 4.69) is 15.3 Å². The predicted molar refractivity (Wildman–Crippen MR) is 64.2 cm³/mol. The lowest BCUT2D eigenvalue weighted by Gasteiger charge is -2.06. The number of rotatable bonds is 4. The van der Waals surface area contributed by atoms with Crippen LogP contribution in [0, 0.1) is 0 Å². The average molecular weight is 275 g/mol. The first-order valence-corrected chi connectivity index (χ1v) is 5.69. The molecule has 0 aliphatic heterocycles. The van der Waals surface area contributed by atoms with Gasteiger partial charge in [0, 0.05) is 0 Å².